The average Bonchev–Trinajstić information content (AvgIpc) is 2.96. The van der Waals surface area contributed by atoms with Crippen molar-refractivity contribution in [2.24, 2.45) is 0 Å². The van der Waals surface area contributed by atoms with E-state index in [0.29, 0.717) is 5.56 Å². The van der Waals surface area contributed by atoms with Crippen molar-refractivity contribution in [1.82, 2.24) is 4.90 Å². The second-order valence-corrected chi connectivity index (χ2v) is 6.34. The molecule has 0 radical (unpaired) electrons. The van der Waals surface area contributed by atoms with Gasteiger partial charge in [-0.1, -0.05) is 12.1 Å². The molecule has 5 heteroatoms. The fourth-order valence-electron chi connectivity index (χ4n) is 3.48. The Morgan fingerprint density at radius 1 is 1.29 bits per heavy atom. The van der Waals surface area contributed by atoms with Gasteiger partial charge in [0.25, 0.3) is 5.91 Å². The molecule has 124 valence electrons. The molecule has 0 spiro atoms. The fraction of sp³-hybridized carbons (Fsp3) is 0.316. The van der Waals surface area contributed by atoms with Crippen LogP contribution < -0.4 is 14.8 Å². The first-order valence-electron chi connectivity index (χ1n) is 8.08. The maximum atomic E-state index is 12.7. The highest BCUT2D eigenvalue weighted by molar-refractivity contribution is 6.01. The molecule has 0 aromatic heterocycles. The van der Waals surface area contributed by atoms with Crippen LogP contribution in [-0.4, -0.2) is 31.1 Å². The number of methoxy groups -OCH3 is 1. The molecule has 2 atom stereocenters. The number of nitrogens with zero attached hydrogens (tertiary/aromatic N) is 1. The lowest BCUT2D eigenvalue weighted by molar-refractivity contribution is 0.0733. The number of fused-ring (bicyclic) bond motifs is 2. The third-order valence-electron chi connectivity index (χ3n) is 4.70. The van der Waals surface area contributed by atoms with Crippen molar-refractivity contribution in [2.45, 2.75) is 25.6 Å². The molecule has 2 heterocycles. The van der Waals surface area contributed by atoms with E-state index in [9.17, 15) is 4.79 Å². The van der Waals surface area contributed by atoms with Crippen LogP contribution in [0, 0.1) is 0 Å². The zero-order chi connectivity index (χ0) is 16.8. The summed E-state index contributed by atoms with van der Waals surface area (Å²) < 4.78 is 11.5. The van der Waals surface area contributed by atoms with Gasteiger partial charge < -0.3 is 19.7 Å². The van der Waals surface area contributed by atoms with E-state index in [1.165, 1.54) is 0 Å². The Bertz CT molecular complexity index is 818. The minimum Gasteiger partial charge on any atom is -0.496 e. The van der Waals surface area contributed by atoms with Crippen LogP contribution in [0.4, 0.5) is 5.69 Å². The molecule has 2 aromatic carbocycles. The van der Waals surface area contributed by atoms with Gasteiger partial charge in [0.1, 0.15) is 23.8 Å². The Morgan fingerprint density at radius 2 is 2.08 bits per heavy atom. The van der Waals surface area contributed by atoms with E-state index in [1.54, 1.807) is 19.1 Å². The summed E-state index contributed by atoms with van der Waals surface area (Å²) in [6.45, 7) is 2.05. The molecule has 2 aliphatic heterocycles. The molecule has 24 heavy (non-hydrogen) atoms. The second kappa shape index (κ2) is 5.44. The Morgan fingerprint density at radius 3 is 2.88 bits per heavy atom. The Balaban J connectivity index is 1.79. The van der Waals surface area contributed by atoms with Gasteiger partial charge in [-0.05, 0) is 31.2 Å². The quantitative estimate of drug-likeness (QED) is 0.921. The van der Waals surface area contributed by atoms with Gasteiger partial charge >= 0.3 is 0 Å². The van der Waals surface area contributed by atoms with E-state index in [1.807, 2.05) is 36.4 Å². The summed E-state index contributed by atoms with van der Waals surface area (Å²) >= 11 is 0. The summed E-state index contributed by atoms with van der Waals surface area (Å²) in [6.07, 6.45) is 0.744. The van der Waals surface area contributed by atoms with Gasteiger partial charge in [0, 0.05) is 30.3 Å². The third kappa shape index (κ3) is 2.19. The van der Waals surface area contributed by atoms with Crippen molar-refractivity contribution < 1.29 is 14.3 Å². The number of nitrogens with one attached hydrogen (secondary N) is 1. The van der Waals surface area contributed by atoms with Crippen LogP contribution in [0.15, 0.2) is 36.4 Å². The highest BCUT2D eigenvalue weighted by atomic mass is 16.5. The highest BCUT2D eigenvalue weighted by Gasteiger charge is 2.33. The Hall–Kier alpha value is -2.69. The number of ether oxygens (including phenoxy) is 2. The lowest BCUT2D eigenvalue weighted by Crippen LogP contribution is -2.40. The van der Waals surface area contributed by atoms with E-state index in [0.717, 1.165) is 34.7 Å². The highest BCUT2D eigenvalue weighted by Crippen LogP contribution is 2.41. The van der Waals surface area contributed by atoms with E-state index >= 15 is 0 Å². The second-order valence-electron chi connectivity index (χ2n) is 6.34. The first-order valence-corrected chi connectivity index (χ1v) is 8.08. The Kier molecular flexibility index (Phi) is 3.37. The van der Waals surface area contributed by atoms with Crippen molar-refractivity contribution in [1.29, 1.82) is 0 Å². The molecule has 1 N–H and O–H groups in total. The lowest BCUT2D eigenvalue weighted by Gasteiger charge is -2.36. The lowest BCUT2D eigenvalue weighted by atomic mass is 10.0. The number of anilines is 1. The maximum absolute atomic E-state index is 12.7. The zero-order valence-corrected chi connectivity index (χ0v) is 14.0. The third-order valence-corrected chi connectivity index (χ3v) is 4.70. The standard InChI is InChI=1S/C19H20N2O3/c1-11-8-12-9-17(23-3)14(10-16(12)24-11)18-20-15-7-5-4-6-13(15)19(22)21(18)2/h4-7,9-11,18,20H,8H2,1-3H3/t11-,18-/m0/s1. The normalized spacial score (nSPS) is 21.6. The van der Waals surface area contributed by atoms with Gasteiger partial charge in [-0.15, -0.1) is 0 Å². The molecule has 1 amide bonds. The summed E-state index contributed by atoms with van der Waals surface area (Å²) in [7, 11) is 3.45. The number of para-hydroxylation sites is 1. The molecule has 4 rings (SSSR count). The largest absolute Gasteiger partial charge is 0.496 e. The van der Waals surface area contributed by atoms with Crippen molar-refractivity contribution >= 4 is 11.6 Å². The average molecular weight is 324 g/mol. The van der Waals surface area contributed by atoms with E-state index in [2.05, 4.69) is 12.2 Å². The fourth-order valence-corrected chi connectivity index (χ4v) is 3.48. The van der Waals surface area contributed by atoms with Crippen molar-refractivity contribution in [3.05, 3.63) is 53.1 Å². The molecular formula is C19H20N2O3. The molecule has 0 aliphatic carbocycles. The van der Waals surface area contributed by atoms with Gasteiger partial charge in [-0.3, -0.25) is 4.79 Å². The van der Waals surface area contributed by atoms with Crippen LogP contribution in [0.25, 0.3) is 0 Å². The minimum atomic E-state index is -0.299. The molecule has 0 fully saturated rings. The summed E-state index contributed by atoms with van der Waals surface area (Å²) in [5.74, 6) is 1.63. The number of amides is 1. The van der Waals surface area contributed by atoms with Crippen LogP contribution in [0.5, 0.6) is 11.5 Å². The predicted octanol–water partition coefficient (Wildman–Crippen LogP) is 3.21. The number of hydrogen-bond donors (Lipinski definition) is 1. The first-order chi connectivity index (χ1) is 11.6. The van der Waals surface area contributed by atoms with Crippen LogP contribution in [0.3, 0.4) is 0 Å². The topological polar surface area (TPSA) is 50.8 Å². The summed E-state index contributed by atoms with van der Waals surface area (Å²) in [6, 6.07) is 11.6. The van der Waals surface area contributed by atoms with Crippen molar-refractivity contribution in [3.63, 3.8) is 0 Å². The molecule has 2 aliphatic rings. The number of hydrogen-bond acceptors (Lipinski definition) is 4. The number of carbonyl (C=O) groups excluding carboxylic acids is 1. The summed E-state index contributed by atoms with van der Waals surface area (Å²) in [5, 5.41) is 3.44. The molecule has 0 unspecified atom stereocenters. The SMILES string of the molecule is COc1cc2c(cc1[C@H]1Nc3ccccc3C(=O)N1C)O[C@@H](C)C2. The van der Waals surface area contributed by atoms with Crippen molar-refractivity contribution in [2.75, 3.05) is 19.5 Å². The summed E-state index contributed by atoms with van der Waals surface area (Å²) in [5.41, 5.74) is 3.56. The molecular weight excluding hydrogens is 304 g/mol. The molecule has 0 bridgehead atoms. The van der Waals surface area contributed by atoms with Crippen LogP contribution in [0.2, 0.25) is 0 Å². The first kappa shape index (κ1) is 14.9. The maximum Gasteiger partial charge on any atom is 0.257 e. The van der Waals surface area contributed by atoms with Gasteiger partial charge in [-0.2, -0.15) is 0 Å². The van der Waals surface area contributed by atoms with E-state index < -0.39 is 0 Å². The smallest absolute Gasteiger partial charge is 0.257 e. The van der Waals surface area contributed by atoms with Gasteiger partial charge in [0.05, 0.1) is 12.7 Å². The zero-order valence-electron chi connectivity index (χ0n) is 14.0. The molecule has 5 nitrogen and oxygen atoms in total. The summed E-state index contributed by atoms with van der Waals surface area (Å²) in [4.78, 5) is 14.4. The minimum absolute atomic E-state index is 0.00816. The number of benzene rings is 2. The van der Waals surface area contributed by atoms with Crippen LogP contribution in [-0.2, 0) is 6.42 Å². The van der Waals surface area contributed by atoms with Crippen LogP contribution >= 0.6 is 0 Å². The van der Waals surface area contributed by atoms with E-state index in [-0.39, 0.29) is 18.2 Å². The van der Waals surface area contributed by atoms with Gasteiger partial charge in [0.15, 0.2) is 0 Å². The van der Waals surface area contributed by atoms with Gasteiger partial charge in [-0.25, -0.2) is 0 Å². The monoisotopic (exact) mass is 324 g/mol. The van der Waals surface area contributed by atoms with E-state index in [4.69, 9.17) is 9.47 Å². The number of rotatable bonds is 2. The van der Waals surface area contributed by atoms with Gasteiger partial charge in [0.2, 0.25) is 0 Å². The van der Waals surface area contributed by atoms with Crippen LogP contribution in [0.1, 0.15) is 34.6 Å². The molecule has 0 saturated heterocycles. The Labute approximate surface area is 141 Å². The molecule has 0 saturated carbocycles. The van der Waals surface area contributed by atoms with Crippen molar-refractivity contribution in [3.8, 4) is 11.5 Å². The number of carbonyl (C=O) groups is 1. The predicted molar refractivity (Wildman–Crippen MR) is 91.7 cm³/mol. The molecule has 2 aromatic rings.